The second-order valence-corrected chi connectivity index (χ2v) is 5.82. The monoisotopic (exact) mass is 279 g/mol. The molecule has 3 atom stereocenters. The number of hydrogen-bond acceptors (Lipinski definition) is 3. The minimum Gasteiger partial charge on any atom is -0.496 e. The first-order valence-corrected chi connectivity index (χ1v) is 7.53. The molecule has 0 aromatic heterocycles. The van der Waals surface area contributed by atoms with Crippen molar-refractivity contribution in [1.29, 1.82) is 0 Å². The predicted molar refractivity (Wildman–Crippen MR) is 84.2 cm³/mol. The first-order valence-electron chi connectivity index (χ1n) is 7.53. The Balaban J connectivity index is 2.58. The molecule has 0 saturated heterocycles. The Morgan fingerprint density at radius 1 is 1.30 bits per heavy atom. The zero-order valence-electron chi connectivity index (χ0n) is 13.4. The van der Waals surface area contributed by atoms with Crippen LogP contribution in [0.3, 0.4) is 0 Å². The fraction of sp³-hybridized carbons (Fsp3) is 0.647. The first-order chi connectivity index (χ1) is 9.47. The lowest BCUT2D eigenvalue weighted by molar-refractivity contribution is 0.164. The molecule has 0 saturated carbocycles. The van der Waals surface area contributed by atoms with Gasteiger partial charge in [0.1, 0.15) is 5.75 Å². The van der Waals surface area contributed by atoms with E-state index < -0.39 is 6.10 Å². The highest BCUT2D eigenvalue weighted by molar-refractivity contribution is 5.38. The molecule has 0 heterocycles. The third-order valence-electron chi connectivity index (χ3n) is 3.86. The first kappa shape index (κ1) is 17.0. The quantitative estimate of drug-likeness (QED) is 0.766. The minimum absolute atomic E-state index is 0.412. The molecule has 114 valence electrons. The number of benzene rings is 1. The van der Waals surface area contributed by atoms with Gasteiger partial charge in [0.25, 0.3) is 0 Å². The van der Waals surface area contributed by atoms with E-state index in [1.54, 1.807) is 7.11 Å². The maximum atomic E-state index is 10.4. The number of nitrogens with one attached hydrogen (secondary N) is 1. The lowest BCUT2D eigenvalue weighted by Crippen LogP contribution is -2.31. The van der Waals surface area contributed by atoms with Crippen LogP contribution in [-0.4, -0.2) is 24.8 Å². The molecule has 3 heteroatoms. The van der Waals surface area contributed by atoms with E-state index in [0.717, 1.165) is 23.3 Å². The van der Waals surface area contributed by atoms with Gasteiger partial charge in [0.05, 0.1) is 13.2 Å². The zero-order valence-corrected chi connectivity index (χ0v) is 13.4. The summed E-state index contributed by atoms with van der Waals surface area (Å²) in [6, 6.07) is 6.31. The molecule has 2 N–H and O–H groups in total. The minimum atomic E-state index is -0.538. The highest BCUT2D eigenvalue weighted by Crippen LogP contribution is 2.26. The summed E-state index contributed by atoms with van der Waals surface area (Å²) >= 11 is 0. The summed E-state index contributed by atoms with van der Waals surface area (Å²) in [5.41, 5.74) is 1.99. The Kier molecular flexibility index (Phi) is 7.03. The van der Waals surface area contributed by atoms with E-state index in [1.165, 1.54) is 6.42 Å². The van der Waals surface area contributed by atoms with E-state index >= 15 is 0 Å². The molecule has 0 bridgehead atoms. The Labute approximate surface area is 123 Å². The maximum absolute atomic E-state index is 10.4. The van der Waals surface area contributed by atoms with Gasteiger partial charge in [-0.05, 0) is 38.3 Å². The lowest BCUT2D eigenvalue weighted by atomic mass is 10.00. The van der Waals surface area contributed by atoms with Crippen LogP contribution in [-0.2, 0) is 0 Å². The molecule has 0 fully saturated rings. The summed E-state index contributed by atoms with van der Waals surface area (Å²) in [5, 5.41) is 13.8. The van der Waals surface area contributed by atoms with Crippen LogP contribution in [0.4, 0.5) is 0 Å². The van der Waals surface area contributed by atoms with E-state index in [1.807, 2.05) is 25.1 Å². The number of aryl methyl sites for hydroxylation is 1. The number of hydrogen-bond donors (Lipinski definition) is 2. The van der Waals surface area contributed by atoms with E-state index in [9.17, 15) is 5.11 Å². The normalized spacial score (nSPS) is 15.7. The average molecular weight is 279 g/mol. The lowest BCUT2D eigenvalue weighted by Gasteiger charge is -2.21. The molecule has 1 aromatic carbocycles. The standard InChI is InChI=1S/C17H29NO2/c1-6-12(2)9-14(4)18-11-16(19)15-10-13(3)7-8-17(15)20-5/h7-8,10,12,14,16,18-19H,6,9,11H2,1-5H3. The fourth-order valence-corrected chi connectivity index (χ4v) is 2.39. The van der Waals surface area contributed by atoms with Gasteiger partial charge in [-0.15, -0.1) is 0 Å². The van der Waals surface area contributed by atoms with Crippen LogP contribution < -0.4 is 10.1 Å². The molecule has 3 nitrogen and oxygen atoms in total. The van der Waals surface area contributed by atoms with Gasteiger partial charge < -0.3 is 15.2 Å². The number of ether oxygens (including phenoxy) is 1. The number of methoxy groups -OCH3 is 1. The van der Waals surface area contributed by atoms with Gasteiger partial charge >= 0.3 is 0 Å². The maximum Gasteiger partial charge on any atom is 0.124 e. The van der Waals surface area contributed by atoms with E-state index in [-0.39, 0.29) is 0 Å². The van der Waals surface area contributed by atoms with Crippen LogP contribution in [0.1, 0.15) is 50.8 Å². The third-order valence-corrected chi connectivity index (χ3v) is 3.86. The largest absolute Gasteiger partial charge is 0.496 e. The van der Waals surface area contributed by atoms with Gasteiger partial charge in [-0.3, -0.25) is 0 Å². The van der Waals surface area contributed by atoms with Crippen LogP contribution in [0.2, 0.25) is 0 Å². The van der Waals surface area contributed by atoms with Crippen molar-refractivity contribution in [2.24, 2.45) is 5.92 Å². The molecule has 1 rings (SSSR count). The summed E-state index contributed by atoms with van der Waals surface area (Å²) < 4.78 is 5.32. The van der Waals surface area contributed by atoms with Gasteiger partial charge in [-0.1, -0.05) is 31.9 Å². The van der Waals surface area contributed by atoms with Crippen molar-refractivity contribution < 1.29 is 9.84 Å². The van der Waals surface area contributed by atoms with Crippen molar-refractivity contribution in [1.82, 2.24) is 5.32 Å². The topological polar surface area (TPSA) is 41.5 Å². The number of rotatable bonds is 8. The van der Waals surface area contributed by atoms with Crippen LogP contribution in [0.15, 0.2) is 18.2 Å². The van der Waals surface area contributed by atoms with Gasteiger partial charge in [0.2, 0.25) is 0 Å². The number of aliphatic hydroxyl groups excluding tert-OH is 1. The molecule has 1 aromatic rings. The zero-order chi connectivity index (χ0) is 15.1. The Hall–Kier alpha value is -1.06. The molecule has 0 spiro atoms. The second-order valence-electron chi connectivity index (χ2n) is 5.82. The molecule has 0 aliphatic rings. The molecule has 0 amide bonds. The fourth-order valence-electron chi connectivity index (χ4n) is 2.39. The summed E-state index contributed by atoms with van der Waals surface area (Å²) in [7, 11) is 1.64. The van der Waals surface area contributed by atoms with Crippen LogP contribution in [0.5, 0.6) is 5.75 Å². The summed E-state index contributed by atoms with van der Waals surface area (Å²) in [5.74, 6) is 1.46. The van der Waals surface area contributed by atoms with Crippen molar-refractivity contribution >= 4 is 0 Å². The van der Waals surface area contributed by atoms with E-state index in [2.05, 4.69) is 26.1 Å². The summed E-state index contributed by atoms with van der Waals surface area (Å²) in [6.07, 6.45) is 1.79. The van der Waals surface area contributed by atoms with Crippen molar-refractivity contribution in [3.8, 4) is 5.75 Å². The second kappa shape index (κ2) is 8.28. The van der Waals surface area contributed by atoms with Crippen LogP contribution in [0.25, 0.3) is 0 Å². The Morgan fingerprint density at radius 3 is 2.60 bits per heavy atom. The molecule has 0 radical (unpaired) electrons. The average Bonchev–Trinajstić information content (AvgIpc) is 2.44. The molecular formula is C17H29NO2. The predicted octanol–water partition coefficient (Wildman–Crippen LogP) is 3.45. The highest BCUT2D eigenvalue weighted by atomic mass is 16.5. The molecule has 3 unspecified atom stereocenters. The Morgan fingerprint density at radius 2 is 2.00 bits per heavy atom. The highest BCUT2D eigenvalue weighted by Gasteiger charge is 2.15. The molecule has 0 aliphatic carbocycles. The smallest absolute Gasteiger partial charge is 0.124 e. The summed E-state index contributed by atoms with van der Waals surface area (Å²) in [6.45, 7) is 9.22. The molecule has 0 aliphatic heterocycles. The van der Waals surface area contributed by atoms with Crippen molar-refractivity contribution in [2.75, 3.05) is 13.7 Å². The van der Waals surface area contributed by atoms with E-state index in [4.69, 9.17) is 4.74 Å². The molecule has 20 heavy (non-hydrogen) atoms. The van der Waals surface area contributed by atoms with Crippen molar-refractivity contribution in [3.63, 3.8) is 0 Å². The van der Waals surface area contributed by atoms with Crippen LogP contribution >= 0.6 is 0 Å². The van der Waals surface area contributed by atoms with Gasteiger partial charge in [-0.25, -0.2) is 0 Å². The SMILES string of the molecule is CCC(C)CC(C)NCC(O)c1cc(C)ccc1OC. The van der Waals surface area contributed by atoms with Crippen molar-refractivity contribution in [3.05, 3.63) is 29.3 Å². The van der Waals surface area contributed by atoms with Crippen molar-refractivity contribution in [2.45, 2.75) is 52.7 Å². The molecular weight excluding hydrogens is 250 g/mol. The third kappa shape index (κ3) is 5.14. The van der Waals surface area contributed by atoms with Gasteiger partial charge in [0.15, 0.2) is 0 Å². The van der Waals surface area contributed by atoms with E-state index in [0.29, 0.717) is 18.5 Å². The summed E-state index contributed by atoms with van der Waals surface area (Å²) in [4.78, 5) is 0. The van der Waals surface area contributed by atoms with Gasteiger partial charge in [0, 0.05) is 18.2 Å². The number of aliphatic hydroxyl groups is 1. The van der Waals surface area contributed by atoms with Gasteiger partial charge in [-0.2, -0.15) is 0 Å². The Bertz CT molecular complexity index is 406. The van der Waals surface area contributed by atoms with Crippen LogP contribution in [0, 0.1) is 12.8 Å².